The maximum absolute atomic E-state index is 13.3. The molecule has 0 saturated carbocycles. The quantitative estimate of drug-likeness (QED) is 0.838. The lowest BCUT2D eigenvalue weighted by Crippen LogP contribution is -2.39. The number of esters is 1. The van der Waals surface area contributed by atoms with Crippen molar-refractivity contribution in [2.75, 3.05) is 13.2 Å². The van der Waals surface area contributed by atoms with Crippen molar-refractivity contribution in [3.05, 3.63) is 35.6 Å². The Morgan fingerprint density at radius 1 is 1.56 bits per heavy atom. The van der Waals surface area contributed by atoms with E-state index in [1.54, 1.807) is 13.0 Å². The van der Waals surface area contributed by atoms with Gasteiger partial charge in [0.25, 0.3) is 0 Å². The van der Waals surface area contributed by atoms with Crippen LogP contribution in [0.15, 0.2) is 24.3 Å². The topological polar surface area (TPSA) is 38.3 Å². The SMILES string of the molecule is CCOC(=O)C1CCCNC1c1cccc(F)c1. The fourth-order valence-corrected chi connectivity index (χ4v) is 2.44. The molecule has 0 amide bonds. The van der Waals surface area contributed by atoms with Gasteiger partial charge in [0.1, 0.15) is 5.82 Å². The monoisotopic (exact) mass is 251 g/mol. The van der Waals surface area contributed by atoms with Gasteiger partial charge in [0.2, 0.25) is 0 Å². The lowest BCUT2D eigenvalue weighted by Gasteiger charge is -2.31. The summed E-state index contributed by atoms with van der Waals surface area (Å²) < 4.78 is 18.3. The number of carbonyl (C=O) groups is 1. The van der Waals surface area contributed by atoms with Gasteiger partial charge in [-0.05, 0) is 44.0 Å². The highest BCUT2D eigenvalue weighted by Crippen LogP contribution is 2.30. The van der Waals surface area contributed by atoms with Crippen molar-refractivity contribution in [2.45, 2.75) is 25.8 Å². The largest absolute Gasteiger partial charge is 0.466 e. The van der Waals surface area contributed by atoms with E-state index in [2.05, 4.69) is 5.32 Å². The summed E-state index contributed by atoms with van der Waals surface area (Å²) in [6, 6.07) is 6.26. The first kappa shape index (κ1) is 13.0. The van der Waals surface area contributed by atoms with Crippen molar-refractivity contribution in [3.8, 4) is 0 Å². The summed E-state index contributed by atoms with van der Waals surface area (Å²) in [6.07, 6.45) is 1.72. The predicted molar refractivity (Wildman–Crippen MR) is 66.5 cm³/mol. The number of benzene rings is 1. The van der Waals surface area contributed by atoms with E-state index in [4.69, 9.17) is 4.74 Å². The number of piperidine rings is 1. The van der Waals surface area contributed by atoms with E-state index in [1.807, 2.05) is 6.07 Å². The molecule has 1 aromatic rings. The molecule has 1 aromatic carbocycles. The van der Waals surface area contributed by atoms with Crippen LogP contribution in [-0.2, 0) is 9.53 Å². The van der Waals surface area contributed by atoms with Gasteiger partial charge in [0.05, 0.1) is 12.5 Å². The zero-order valence-corrected chi connectivity index (χ0v) is 10.5. The average molecular weight is 251 g/mol. The Morgan fingerprint density at radius 3 is 3.11 bits per heavy atom. The zero-order valence-electron chi connectivity index (χ0n) is 10.5. The van der Waals surface area contributed by atoms with Crippen LogP contribution in [0.4, 0.5) is 4.39 Å². The molecule has 0 bridgehead atoms. The molecule has 0 radical (unpaired) electrons. The second-order valence-corrected chi connectivity index (χ2v) is 4.49. The summed E-state index contributed by atoms with van der Waals surface area (Å²) in [7, 11) is 0. The smallest absolute Gasteiger partial charge is 0.310 e. The Labute approximate surface area is 106 Å². The highest BCUT2D eigenvalue weighted by Gasteiger charge is 2.32. The number of nitrogens with one attached hydrogen (secondary N) is 1. The molecule has 2 unspecified atom stereocenters. The average Bonchev–Trinajstić information content (AvgIpc) is 2.39. The van der Waals surface area contributed by atoms with Gasteiger partial charge >= 0.3 is 5.97 Å². The third-order valence-corrected chi connectivity index (χ3v) is 3.26. The molecule has 2 rings (SSSR count). The third-order valence-electron chi connectivity index (χ3n) is 3.26. The van der Waals surface area contributed by atoms with E-state index < -0.39 is 0 Å². The molecular weight excluding hydrogens is 233 g/mol. The molecule has 0 aliphatic carbocycles. The van der Waals surface area contributed by atoms with Crippen molar-refractivity contribution in [1.82, 2.24) is 5.32 Å². The third kappa shape index (κ3) is 2.88. The lowest BCUT2D eigenvalue weighted by molar-refractivity contribution is -0.150. The molecule has 1 fully saturated rings. The summed E-state index contributed by atoms with van der Waals surface area (Å²) in [5, 5.41) is 3.28. The van der Waals surface area contributed by atoms with Crippen molar-refractivity contribution in [1.29, 1.82) is 0 Å². The maximum Gasteiger partial charge on any atom is 0.310 e. The van der Waals surface area contributed by atoms with Gasteiger partial charge in [-0.25, -0.2) is 4.39 Å². The molecule has 98 valence electrons. The molecule has 1 saturated heterocycles. The van der Waals surface area contributed by atoms with E-state index in [0.29, 0.717) is 6.61 Å². The molecular formula is C14H18FNO2. The molecule has 0 aromatic heterocycles. The van der Waals surface area contributed by atoms with Gasteiger partial charge in [-0.2, -0.15) is 0 Å². The standard InChI is InChI=1S/C14H18FNO2/c1-2-18-14(17)12-7-4-8-16-13(12)10-5-3-6-11(15)9-10/h3,5-6,9,12-13,16H,2,4,7-8H2,1H3. The molecule has 3 nitrogen and oxygen atoms in total. The van der Waals surface area contributed by atoms with Crippen LogP contribution >= 0.6 is 0 Å². The number of hydrogen-bond acceptors (Lipinski definition) is 3. The highest BCUT2D eigenvalue weighted by molar-refractivity contribution is 5.73. The van der Waals surface area contributed by atoms with Crippen LogP contribution in [0.1, 0.15) is 31.4 Å². The summed E-state index contributed by atoms with van der Waals surface area (Å²) in [4.78, 5) is 11.9. The van der Waals surface area contributed by atoms with Crippen LogP contribution in [0.25, 0.3) is 0 Å². The number of carbonyl (C=O) groups excluding carboxylic acids is 1. The second-order valence-electron chi connectivity index (χ2n) is 4.49. The normalized spacial score (nSPS) is 23.7. The Balaban J connectivity index is 2.20. The Hall–Kier alpha value is -1.42. The molecule has 4 heteroatoms. The van der Waals surface area contributed by atoms with Gasteiger partial charge in [0, 0.05) is 6.04 Å². The highest BCUT2D eigenvalue weighted by atomic mass is 19.1. The van der Waals surface area contributed by atoms with Crippen LogP contribution in [0, 0.1) is 11.7 Å². The van der Waals surface area contributed by atoms with Crippen molar-refractivity contribution in [3.63, 3.8) is 0 Å². The van der Waals surface area contributed by atoms with E-state index in [-0.39, 0.29) is 23.7 Å². The minimum Gasteiger partial charge on any atom is -0.466 e. The van der Waals surface area contributed by atoms with E-state index in [1.165, 1.54) is 12.1 Å². The van der Waals surface area contributed by atoms with Gasteiger partial charge < -0.3 is 10.1 Å². The van der Waals surface area contributed by atoms with Gasteiger partial charge in [-0.3, -0.25) is 4.79 Å². The van der Waals surface area contributed by atoms with Crippen molar-refractivity contribution >= 4 is 5.97 Å². The maximum atomic E-state index is 13.3. The molecule has 1 aliphatic rings. The summed E-state index contributed by atoms with van der Waals surface area (Å²) >= 11 is 0. The first-order chi connectivity index (χ1) is 8.72. The van der Waals surface area contributed by atoms with Crippen molar-refractivity contribution in [2.24, 2.45) is 5.92 Å². The van der Waals surface area contributed by atoms with Gasteiger partial charge in [-0.1, -0.05) is 12.1 Å². The van der Waals surface area contributed by atoms with Crippen LogP contribution in [0.3, 0.4) is 0 Å². The van der Waals surface area contributed by atoms with Crippen LogP contribution < -0.4 is 5.32 Å². The van der Waals surface area contributed by atoms with Gasteiger partial charge in [0.15, 0.2) is 0 Å². The number of ether oxygens (including phenoxy) is 1. The van der Waals surface area contributed by atoms with E-state index in [0.717, 1.165) is 24.9 Å². The number of rotatable bonds is 3. The minimum atomic E-state index is -0.275. The van der Waals surface area contributed by atoms with Crippen molar-refractivity contribution < 1.29 is 13.9 Å². The Kier molecular flexibility index (Phi) is 4.31. The molecule has 1 aliphatic heterocycles. The molecule has 1 N–H and O–H groups in total. The number of halogens is 1. The Morgan fingerprint density at radius 2 is 2.39 bits per heavy atom. The minimum absolute atomic E-state index is 0.145. The predicted octanol–water partition coefficient (Wildman–Crippen LogP) is 2.43. The number of hydrogen-bond donors (Lipinski definition) is 1. The van der Waals surface area contributed by atoms with Crippen LogP contribution in [-0.4, -0.2) is 19.1 Å². The molecule has 18 heavy (non-hydrogen) atoms. The Bertz CT molecular complexity index is 422. The molecule has 1 heterocycles. The van der Waals surface area contributed by atoms with Crippen LogP contribution in [0.5, 0.6) is 0 Å². The summed E-state index contributed by atoms with van der Waals surface area (Å²) in [6.45, 7) is 3.02. The van der Waals surface area contributed by atoms with E-state index >= 15 is 0 Å². The first-order valence-electron chi connectivity index (χ1n) is 6.38. The van der Waals surface area contributed by atoms with Crippen LogP contribution in [0.2, 0.25) is 0 Å². The van der Waals surface area contributed by atoms with Gasteiger partial charge in [-0.15, -0.1) is 0 Å². The summed E-state index contributed by atoms with van der Waals surface area (Å²) in [5.41, 5.74) is 0.813. The zero-order chi connectivity index (χ0) is 13.0. The summed E-state index contributed by atoms with van der Waals surface area (Å²) in [5.74, 6) is -0.693. The lowest BCUT2D eigenvalue weighted by atomic mass is 9.86. The fourth-order valence-electron chi connectivity index (χ4n) is 2.44. The second kappa shape index (κ2) is 5.96. The molecule has 2 atom stereocenters. The first-order valence-corrected chi connectivity index (χ1v) is 6.38. The fraction of sp³-hybridized carbons (Fsp3) is 0.500. The van der Waals surface area contributed by atoms with E-state index in [9.17, 15) is 9.18 Å². The molecule has 0 spiro atoms.